The summed E-state index contributed by atoms with van der Waals surface area (Å²) in [5.74, 6) is -0.0578. The molecule has 1 aromatic carbocycles. The molecule has 30 heavy (non-hydrogen) atoms. The summed E-state index contributed by atoms with van der Waals surface area (Å²) >= 11 is 1.44. The molecule has 0 saturated carbocycles. The third-order valence-electron chi connectivity index (χ3n) is 5.20. The number of rotatable bonds is 8. The molecule has 1 aromatic heterocycles. The lowest BCUT2D eigenvalue weighted by Gasteiger charge is -2.33. The van der Waals surface area contributed by atoms with Crippen LogP contribution in [-0.2, 0) is 9.59 Å². The number of hydrogen-bond acceptors (Lipinski definition) is 6. The quantitative estimate of drug-likeness (QED) is 0.632. The molecule has 1 aliphatic rings. The number of nitrogens with one attached hydrogen (secondary N) is 2. The molecule has 0 bridgehead atoms. The van der Waals surface area contributed by atoms with E-state index >= 15 is 0 Å². The van der Waals surface area contributed by atoms with Crippen LogP contribution >= 0.6 is 11.3 Å². The van der Waals surface area contributed by atoms with E-state index in [2.05, 4.69) is 64.0 Å². The summed E-state index contributed by atoms with van der Waals surface area (Å²) in [6.07, 6.45) is 1.67. The van der Waals surface area contributed by atoms with Crippen LogP contribution in [0.4, 0.5) is 5.13 Å². The number of piperazine rings is 1. The summed E-state index contributed by atoms with van der Waals surface area (Å²) in [7, 11) is 0. The molecular formula is C22H29N5O2S. The summed E-state index contributed by atoms with van der Waals surface area (Å²) in [6.45, 7) is 12.0. The highest BCUT2D eigenvalue weighted by Gasteiger charge is 2.21. The first-order chi connectivity index (χ1) is 14.4. The fourth-order valence-electron chi connectivity index (χ4n) is 3.28. The highest BCUT2D eigenvalue weighted by atomic mass is 32.1. The first-order valence-electron chi connectivity index (χ1n) is 10.1. The van der Waals surface area contributed by atoms with Crippen LogP contribution in [0.5, 0.6) is 0 Å². The number of hydrogen-bond donors (Lipinski definition) is 2. The van der Waals surface area contributed by atoms with Gasteiger partial charge in [-0.2, -0.15) is 0 Å². The van der Waals surface area contributed by atoms with Gasteiger partial charge in [-0.15, -0.1) is 17.9 Å². The molecule has 2 heterocycles. The molecule has 2 aromatic rings. The Morgan fingerprint density at radius 3 is 2.40 bits per heavy atom. The molecule has 0 spiro atoms. The van der Waals surface area contributed by atoms with Gasteiger partial charge < -0.3 is 10.6 Å². The van der Waals surface area contributed by atoms with E-state index in [0.29, 0.717) is 24.8 Å². The number of carbonyl (C=O) groups is 2. The molecule has 0 atom stereocenters. The van der Waals surface area contributed by atoms with Crippen LogP contribution < -0.4 is 10.6 Å². The second-order valence-electron chi connectivity index (χ2n) is 7.53. The minimum atomic E-state index is -0.0619. The van der Waals surface area contributed by atoms with E-state index in [1.807, 2.05) is 5.38 Å². The summed E-state index contributed by atoms with van der Waals surface area (Å²) in [6, 6.07) is 6.26. The maximum Gasteiger partial charge on any atom is 0.240 e. The third kappa shape index (κ3) is 6.22. The lowest BCUT2D eigenvalue weighted by molar-refractivity contribution is -0.123. The number of aryl methyl sites for hydroxylation is 2. The molecule has 1 fully saturated rings. The van der Waals surface area contributed by atoms with Gasteiger partial charge in [-0.25, -0.2) is 4.98 Å². The third-order valence-corrected chi connectivity index (χ3v) is 5.95. The van der Waals surface area contributed by atoms with Gasteiger partial charge in [0.2, 0.25) is 11.8 Å². The van der Waals surface area contributed by atoms with E-state index in [1.165, 1.54) is 22.5 Å². The van der Waals surface area contributed by atoms with Crippen LogP contribution in [0.3, 0.4) is 0 Å². The average molecular weight is 428 g/mol. The molecule has 7 nitrogen and oxygen atoms in total. The number of benzene rings is 1. The van der Waals surface area contributed by atoms with Gasteiger partial charge >= 0.3 is 0 Å². The van der Waals surface area contributed by atoms with Gasteiger partial charge in [-0.05, 0) is 31.0 Å². The van der Waals surface area contributed by atoms with E-state index < -0.39 is 0 Å². The van der Waals surface area contributed by atoms with Gasteiger partial charge in [0.1, 0.15) is 0 Å². The first kappa shape index (κ1) is 22.1. The van der Waals surface area contributed by atoms with Gasteiger partial charge in [-0.3, -0.25) is 19.4 Å². The van der Waals surface area contributed by atoms with E-state index in [4.69, 9.17) is 0 Å². The summed E-state index contributed by atoms with van der Waals surface area (Å²) in [5.41, 5.74) is 4.41. The van der Waals surface area contributed by atoms with Gasteiger partial charge in [0.15, 0.2) is 5.13 Å². The van der Waals surface area contributed by atoms with Gasteiger partial charge in [0, 0.05) is 43.7 Å². The average Bonchev–Trinajstić information content (AvgIpc) is 3.18. The van der Waals surface area contributed by atoms with Crippen molar-refractivity contribution >= 4 is 28.3 Å². The number of thiazole rings is 1. The maximum atomic E-state index is 12.4. The fourth-order valence-corrected chi connectivity index (χ4v) is 4.01. The largest absolute Gasteiger partial charge is 0.352 e. The van der Waals surface area contributed by atoms with Crippen molar-refractivity contribution in [1.82, 2.24) is 20.1 Å². The summed E-state index contributed by atoms with van der Waals surface area (Å²) < 4.78 is 0. The standard InChI is InChI=1S/C22H29N5O2S/c1-4-7-23-20(28)13-26-8-10-27(11-9-26)14-21(29)25-22-24-19(15-30-22)18-6-5-16(2)17(3)12-18/h4-6,12,15H,1,7-11,13-14H2,2-3H3,(H,23,28)(H,24,25,29). The zero-order valence-corrected chi connectivity index (χ0v) is 18.4. The van der Waals surface area contributed by atoms with E-state index in [9.17, 15) is 9.59 Å². The van der Waals surface area contributed by atoms with Crippen molar-refractivity contribution in [3.8, 4) is 11.3 Å². The van der Waals surface area contributed by atoms with Crippen molar-refractivity contribution in [2.75, 3.05) is 51.1 Å². The highest BCUT2D eigenvalue weighted by molar-refractivity contribution is 7.14. The zero-order valence-electron chi connectivity index (χ0n) is 17.6. The number of aromatic nitrogens is 1. The number of nitrogens with zero attached hydrogens (tertiary/aromatic N) is 3. The van der Waals surface area contributed by atoms with Crippen LogP contribution in [0, 0.1) is 13.8 Å². The summed E-state index contributed by atoms with van der Waals surface area (Å²) in [5, 5.41) is 8.28. The topological polar surface area (TPSA) is 77.6 Å². The Bertz CT molecular complexity index is 903. The minimum Gasteiger partial charge on any atom is -0.352 e. The molecule has 0 radical (unpaired) electrons. The second kappa shape index (κ2) is 10.5. The Labute approximate surface area is 181 Å². The monoisotopic (exact) mass is 427 g/mol. The summed E-state index contributed by atoms with van der Waals surface area (Å²) in [4.78, 5) is 33.0. The van der Waals surface area contributed by atoms with Gasteiger partial charge in [0.05, 0.1) is 18.8 Å². The van der Waals surface area contributed by atoms with Crippen molar-refractivity contribution in [2.24, 2.45) is 0 Å². The van der Waals surface area contributed by atoms with Crippen molar-refractivity contribution in [3.63, 3.8) is 0 Å². The molecule has 2 amide bonds. The lowest BCUT2D eigenvalue weighted by Crippen LogP contribution is -2.51. The van der Waals surface area contributed by atoms with Crippen molar-refractivity contribution in [2.45, 2.75) is 13.8 Å². The molecule has 0 aliphatic carbocycles. The molecular weight excluding hydrogens is 398 g/mol. The SMILES string of the molecule is C=CCNC(=O)CN1CCN(CC(=O)Nc2nc(-c3ccc(C)c(C)c3)cs2)CC1. The van der Waals surface area contributed by atoms with Crippen molar-refractivity contribution in [3.05, 3.63) is 47.4 Å². The Balaban J connectivity index is 1.44. The van der Waals surface area contributed by atoms with Crippen molar-refractivity contribution < 1.29 is 9.59 Å². The van der Waals surface area contributed by atoms with Crippen molar-refractivity contribution in [1.29, 1.82) is 0 Å². The smallest absolute Gasteiger partial charge is 0.240 e. The normalized spacial score (nSPS) is 15.0. The van der Waals surface area contributed by atoms with E-state index in [-0.39, 0.29) is 11.8 Å². The molecule has 2 N–H and O–H groups in total. The van der Waals surface area contributed by atoms with Crippen LogP contribution in [0.1, 0.15) is 11.1 Å². The molecule has 160 valence electrons. The Kier molecular flexibility index (Phi) is 7.73. The molecule has 1 aliphatic heterocycles. The maximum absolute atomic E-state index is 12.4. The lowest BCUT2D eigenvalue weighted by atomic mass is 10.1. The van der Waals surface area contributed by atoms with E-state index in [1.54, 1.807) is 6.08 Å². The minimum absolute atomic E-state index is 0.00411. The Hall–Kier alpha value is -2.55. The highest BCUT2D eigenvalue weighted by Crippen LogP contribution is 2.26. The zero-order chi connectivity index (χ0) is 21.5. The first-order valence-corrected chi connectivity index (χ1v) is 11.0. The molecule has 0 unspecified atom stereocenters. The second-order valence-corrected chi connectivity index (χ2v) is 8.39. The Morgan fingerprint density at radius 1 is 1.10 bits per heavy atom. The van der Waals surface area contributed by atoms with Crippen LogP contribution in [0.15, 0.2) is 36.2 Å². The van der Waals surface area contributed by atoms with Crippen LogP contribution in [0.2, 0.25) is 0 Å². The van der Waals surface area contributed by atoms with Crippen LogP contribution in [-0.4, -0.2) is 72.4 Å². The number of anilines is 1. The predicted octanol–water partition coefficient (Wildman–Crippen LogP) is 2.29. The van der Waals surface area contributed by atoms with Gasteiger partial charge in [0.25, 0.3) is 0 Å². The van der Waals surface area contributed by atoms with Gasteiger partial charge in [-0.1, -0.05) is 18.2 Å². The molecule has 1 saturated heterocycles. The van der Waals surface area contributed by atoms with Crippen LogP contribution in [0.25, 0.3) is 11.3 Å². The predicted molar refractivity (Wildman–Crippen MR) is 122 cm³/mol. The van der Waals surface area contributed by atoms with E-state index in [0.717, 1.165) is 37.4 Å². The molecule has 8 heteroatoms. The Morgan fingerprint density at radius 2 is 1.77 bits per heavy atom. The molecule has 3 rings (SSSR count). The number of amides is 2. The fraction of sp³-hybridized carbons (Fsp3) is 0.409. The number of carbonyl (C=O) groups excluding carboxylic acids is 2.